The van der Waals surface area contributed by atoms with E-state index in [0.717, 1.165) is 16.9 Å². The predicted molar refractivity (Wildman–Crippen MR) is 106 cm³/mol. The molecular formula is C21H28N2O4. The molecule has 0 bridgehead atoms. The second kappa shape index (κ2) is 9.28. The number of ether oxygens (including phenoxy) is 3. The first-order valence-corrected chi connectivity index (χ1v) is 8.72. The number of nitrogens with one attached hydrogen (secondary N) is 1. The van der Waals surface area contributed by atoms with Crippen LogP contribution < -0.4 is 19.5 Å². The van der Waals surface area contributed by atoms with Gasteiger partial charge in [0.1, 0.15) is 17.2 Å². The molecule has 1 N–H and O–H groups in total. The zero-order valence-corrected chi connectivity index (χ0v) is 16.8. The zero-order chi connectivity index (χ0) is 20.0. The van der Waals surface area contributed by atoms with Gasteiger partial charge in [-0.15, -0.1) is 0 Å². The van der Waals surface area contributed by atoms with Gasteiger partial charge in [0.2, 0.25) is 0 Å². The molecule has 6 heteroatoms. The lowest BCUT2D eigenvalue weighted by molar-refractivity contribution is 0.0941. The van der Waals surface area contributed by atoms with Crippen molar-refractivity contribution in [1.29, 1.82) is 0 Å². The Kier molecular flexibility index (Phi) is 7.07. The second-order valence-corrected chi connectivity index (χ2v) is 6.47. The maximum absolute atomic E-state index is 12.7. The molecule has 0 aliphatic rings. The third-order valence-electron chi connectivity index (χ3n) is 4.57. The molecule has 2 aromatic carbocycles. The van der Waals surface area contributed by atoms with Gasteiger partial charge >= 0.3 is 0 Å². The first-order chi connectivity index (χ1) is 12.9. The molecule has 146 valence electrons. The summed E-state index contributed by atoms with van der Waals surface area (Å²) >= 11 is 0. The van der Waals surface area contributed by atoms with Gasteiger partial charge < -0.3 is 24.4 Å². The van der Waals surface area contributed by atoms with Crippen LogP contribution in [0.5, 0.6) is 17.2 Å². The lowest BCUT2D eigenvalue weighted by Crippen LogP contribution is -2.34. The highest BCUT2D eigenvalue weighted by Gasteiger charge is 2.18. The van der Waals surface area contributed by atoms with Crippen LogP contribution in [0.25, 0.3) is 0 Å². The minimum absolute atomic E-state index is 0.0123. The van der Waals surface area contributed by atoms with Crippen molar-refractivity contribution in [2.24, 2.45) is 0 Å². The summed E-state index contributed by atoms with van der Waals surface area (Å²) in [5, 5.41) is 3.01. The van der Waals surface area contributed by atoms with Crippen LogP contribution in [0.15, 0.2) is 36.4 Å². The summed E-state index contributed by atoms with van der Waals surface area (Å²) in [5.41, 5.74) is 2.43. The first kappa shape index (κ1) is 20.6. The van der Waals surface area contributed by atoms with Crippen molar-refractivity contribution >= 4 is 5.91 Å². The third-order valence-corrected chi connectivity index (χ3v) is 4.57. The highest BCUT2D eigenvalue weighted by atomic mass is 16.5. The van der Waals surface area contributed by atoms with E-state index in [1.54, 1.807) is 33.5 Å². The standard InChI is InChI=1S/C21H28N2O4/c1-14-19(26-5)11-16(12-20(14)27-6)21(24)22-13-18(23(2)3)15-8-7-9-17(10-15)25-4/h7-12,18H,13H2,1-6H3,(H,22,24). The van der Waals surface area contributed by atoms with E-state index in [4.69, 9.17) is 14.2 Å². The minimum Gasteiger partial charge on any atom is -0.497 e. The number of carbonyl (C=O) groups excluding carboxylic acids is 1. The van der Waals surface area contributed by atoms with Crippen molar-refractivity contribution < 1.29 is 19.0 Å². The fourth-order valence-electron chi connectivity index (χ4n) is 2.96. The van der Waals surface area contributed by atoms with Crippen LogP contribution >= 0.6 is 0 Å². The van der Waals surface area contributed by atoms with Gasteiger partial charge in [-0.1, -0.05) is 12.1 Å². The number of rotatable bonds is 8. The highest BCUT2D eigenvalue weighted by Crippen LogP contribution is 2.29. The van der Waals surface area contributed by atoms with Crippen LogP contribution in [0.1, 0.15) is 27.5 Å². The summed E-state index contributed by atoms with van der Waals surface area (Å²) in [5.74, 6) is 1.85. The van der Waals surface area contributed by atoms with Crippen molar-refractivity contribution in [2.75, 3.05) is 42.0 Å². The zero-order valence-electron chi connectivity index (χ0n) is 16.8. The monoisotopic (exact) mass is 372 g/mol. The number of benzene rings is 2. The maximum Gasteiger partial charge on any atom is 0.251 e. The maximum atomic E-state index is 12.7. The molecule has 0 aromatic heterocycles. The van der Waals surface area contributed by atoms with Gasteiger partial charge in [0.05, 0.1) is 27.4 Å². The Balaban J connectivity index is 2.19. The minimum atomic E-state index is -0.179. The second-order valence-electron chi connectivity index (χ2n) is 6.47. The molecule has 0 heterocycles. The van der Waals surface area contributed by atoms with Gasteiger partial charge in [-0.2, -0.15) is 0 Å². The predicted octanol–water partition coefficient (Wildman–Crippen LogP) is 3.05. The van der Waals surface area contributed by atoms with Crippen LogP contribution in [0, 0.1) is 6.92 Å². The van der Waals surface area contributed by atoms with Crippen LogP contribution in [-0.4, -0.2) is 52.8 Å². The lowest BCUT2D eigenvalue weighted by atomic mass is 10.0. The van der Waals surface area contributed by atoms with Crippen LogP contribution in [0.3, 0.4) is 0 Å². The number of hydrogen-bond donors (Lipinski definition) is 1. The fourth-order valence-corrected chi connectivity index (χ4v) is 2.96. The average molecular weight is 372 g/mol. The Morgan fingerprint density at radius 1 is 1.04 bits per heavy atom. The van der Waals surface area contributed by atoms with Gasteiger partial charge in [-0.3, -0.25) is 4.79 Å². The van der Waals surface area contributed by atoms with Crippen LogP contribution in [0.2, 0.25) is 0 Å². The van der Waals surface area contributed by atoms with Crippen molar-refractivity contribution in [3.05, 3.63) is 53.1 Å². The fraction of sp³-hybridized carbons (Fsp3) is 0.381. The summed E-state index contributed by atoms with van der Waals surface area (Å²) in [7, 11) is 8.76. The van der Waals surface area contributed by atoms with Crippen LogP contribution in [-0.2, 0) is 0 Å². The summed E-state index contributed by atoms with van der Waals surface area (Å²) in [6.07, 6.45) is 0. The van der Waals surface area contributed by atoms with E-state index in [2.05, 4.69) is 10.2 Å². The van der Waals surface area contributed by atoms with E-state index < -0.39 is 0 Å². The molecule has 0 aliphatic carbocycles. The Morgan fingerprint density at radius 3 is 2.19 bits per heavy atom. The summed E-state index contributed by atoms with van der Waals surface area (Å²) in [6, 6.07) is 11.3. The summed E-state index contributed by atoms with van der Waals surface area (Å²) < 4.78 is 16.0. The number of methoxy groups -OCH3 is 3. The molecule has 1 atom stereocenters. The molecule has 1 amide bonds. The van der Waals surface area contributed by atoms with E-state index >= 15 is 0 Å². The number of likely N-dealkylation sites (N-methyl/N-ethyl adjacent to an activating group) is 1. The molecule has 0 saturated carbocycles. The Bertz CT molecular complexity index is 764. The summed E-state index contributed by atoms with van der Waals surface area (Å²) in [4.78, 5) is 14.8. The Hall–Kier alpha value is -2.73. The average Bonchev–Trinajstić information content (AvgIpc) is 2.68. The SMILES string of the molecule is COc1cccc(C(CNC(=O)c2cc(OC)c(C)c(OC)c2)N(C)C)c1. The number of nitrogens with zero attached hydrogens (tertiary/aromatic N) is 1. The number of hydrogen-bond acceptors (Lipinski definition) is 5. The van der Waals surface area contributed by atoms with E-state index in [1.807, 2.05) is 45.3 Å². The largest absolute Gasteiger partial charge is 0.497 e. The van der Waals surface area contributed by atoms with E-state index in [9.17, 15) is 4.79 Å². The van der Waals surface area contributed by atoms with Crippen LogP contribution in [0.4, 0.5) is 0 Å². The third kappa shape index (κ3) is 4.92. The highest BCUT2D eigenvalue weighted by molar-refractivity contribution is 5.95. The van der Waals surface area contributed by atoms with Gasteiger partial charge in [0.15, 0.2) is 0 Å². The first-order valence-electron chi connectivity index (χ1n) is 8.72. The van der Waals surface area contributed by atoms with Gasteiger partial charge in [0.25, 0.3) is 5.91 Å². The van der Waals surface area contributed by atoms with E-state index in [0.29, 0.717) is 23.6 Å². The van der Waals surface area contributed by atoms with Gasteiger partial charge in [0, 0.05) is 17.7 Å². The molecule has 0 fully saturated rings. The molecule has 0 spiro atoms. The lowest BCUT2D eigenvalue weighted by Gasteiger charge is -2.25. The molecule has 6 nitrogen and oxygen atoms in total. The number of carbonyl (C=O) groups is 1. The molecular weight excluding hydrogens is 344 g/mol. The van der Waals surface area contributed by atoms with Crippen molar-refractivity contribution in [3.8, 4) is 17.2 Å². The molecule has 0 saturated heterocycles. The van der Waals surface area contributed by atoms with Crippen molar-refractivity contribution in [1.82, 2.24) is 10.2 Å². The smallest absolute Gasteiger partial charge is 0.251 e. The van der Waals surface area contributed by atoms with Crippen molar-refractivity contribution in [2.45, 2.75) is 13.0 Å². The Morgan fingerprint density at radius 2 is 1.67 bits per heavy atom. The quantitative estimate of drug-likeness (QED) is 0.772. The van der Waals surface area contributed by atoms with E-state index in [1.165, 1.54) is 0 Å². The topological polar surface area (TPSA) is 60.0 Å². The van der Waals surface area contributed by atoms with Crippen molar-refractivity contribution in [3.63, 3.8) is 0 Å². The molecule has 1 unspecified atom stereocenters. The molecule has 2 rings (SSSR count). The molecule has 27 heavy (non-hydrogen) atoms. The van der Waals surface area contributed by atoms with Gasteiger partial charge in [-0.25, -0.2) is 0 Å². The number of amides is 1. The molecule has 2 aromatic rings. The molecule has 0 aliphatic heterocycles. The van der Waals surface area contributed by atoms with E-state index in [-0.39, 0.29) is 11.9 Å². The summed E-state index contributed by atoms with van der Waals surface area (Å²) in [6.45, 7) is 2.35. The van der Waals surface area contributed by atoms with Gasteiger partial charge in [-0.05, 0) is 50.8 Å². The Labute approximate surface area is 161 Å². The normalized spacial score (nSPS) is 11.8. The molecule has 0 radical (unpaired) electrons.